The Morgan fingerprint density at radius 1 is 1.00 bits per heavy atom. The van der Waals surface area contributed by atoms with Gasteiger partial charge in [-0.2, -0.15) is 0 Å². The van der Waals surface area contributed by atoms with Crippen LogP contribution < -0.4 is 0 Å². The van der Waals surface area contributed by atoms with Gasteiger partial charge in [-0.25, -0.2) is 4.79 Å². The van der Waals surface area contributed by atoms with Crippen LogP contribution in [0.4, 0.5) is 0 Å². The van der Waals surface area contributed by atoms with Crippen molar-refractivity contribution in [3.63, 3.8) is 0 Å². The van der Waals surface area contributed by atoms with Crippen molar-refractivity contribution in [3.05, 3.63) is 35.9 Å². The zero-order valence-corrected chi connectivity index (χ0v) is 13.1. The van der Waals surface area contributed by atoms with Crippen LogP contribution in [-0.4, -0.2) is 37.4 Å². The monoisotopic (exact) mass is 294 g/mol. The van der Waals surface area contributed by atoms with Crippen LogP contribution in [0.1, 0.15) is 26.3 Å². The number of ether oxygens (including phenoxy) is 4. The molecule has 1 saturated heterocycles. The van der Waals surface area contributed by atoms with Crippen LogP contribution in [0, 0.1) is 0 Å². The number of methoxy groups -OCH3 is 2. The van der Waals surface area contributed by atoms with Crippen molar-refractivity contribution in [3.8, 4) is 0 Å². The number of benzene rings is 1. The number of rotatable bonds is 4. The highest BCUT2D eigenvalue weighted by Crippen LogP contribution is 2.42. The van der Waals surface area contributed by atoms with Crippen LogP contribution in [0.5, 0.6) is 0 Å². The zero-order chi connectivity index (χ0) is 15.7. The first-order chi connectivity index (χ1) is 9.78. The van der Waals surface area contributed by atoms with E-state index in [0.29, 0.717) is 6.42 Å². The largest absolute Gasteiger partial charge is 0.425 e. The molecular weight excluding hydrogens is 272 g/mol. The Morgan fingerprint density at radius 3 is 2.10 bits per heavy atom. The Labute approximate surface area is 125 Å². The van der Waals surface area contributed by atoms with Crippen molar-refractivity contribution in [1.82, 2.24) is 0 Å². The van der Waals surface area contributed by atoms with Gasteiger partial charge in [0.05, 0.1) is 0 Å². The van der Waals surface area contributed by atoms with Crippen LogP contribution >= 0.6 is 0 Å². The molecule has 2 rings (SSSR count). The van der Waals surface area contributed by atoms with Gasteiger partial charge in [-0.3, -0.25) is 0 Å². The lowest BCUT2D eigenvalue weighted by molar-refractivity contribution is -0.420. The summed E-state index contributed by atoms with van der Waals surface area (Å²) in [4.78, 5) is 12.4. The van der Waals surface area contributed by atoms with Gasteiger partial charge in [0.2, 0.25) is 5.79 Å². The molecule has 1 heterocycles. The molecule has 0 radical (unpaired) electrons. The predicted octanol–water partition coefficient (Wildman–Crippen LogP) is 2.29. The fourth-order valence-electron chi connectivity index (χ4n) is 2.49. The lowest BCUT2D eigenvalue weighted by Crippen LogP contribution is -2.68. The maximum absolute atomic E-state index is 12.4. The molecule has 1 aromatic carbocycles. The molecule has 0 N–H and O–H groups in total. The third kappa shape index (κ3) is 2.69. The Kier molecular flexibility index (Phi) is 4.10. The van der Waals surface area contributed by atoms with Crippen LogP contribution in [0.2, 0.25) is 0 Å². The minimum absolute atomic E-state index is 0.394. The normalized spacial score (nSPS) is 36.3. The number of carbonyl (C=O) groups excluding carboxylic acids is 1. The summed E-state index contributed by atoms with van der Waals surface area (Å²) in [6.45, 7) is 5.03. The lowest BCUT2D eigenvalue weighted by Gasteiger charge is -2.51. The molecular formula is C16H22O5. The van der Waals surface area contributed by atoms with E-state index < -0.39 is 23.1 Å². The molecule has 3 atom stereocenters. The molecule has 0 spiro atoms. The highest BCUT2D eigenvalue weighted by atomic mass is 16.8. The molecule has 0 aromatic heterocycles. The van der Waals surface area contributed by atoms with E-state index >= 15 is 0 Å². The van der Waals surface area contributed by atoms with Crippen LogP contribution in [0.25, 0.3) is 0 Å². The third-order valence-corrected chi connectivity index (χ3v) is 4.13. The summed E-state index contributed by atoms with van der Waals surface area (Å²) in [5.74, 6) is -2.96. The fourth-order valence-corrected chi connectivity index (χ4v) is 2.49. The van der Waals surface area contributed by atoms with Crippen molar-refractivity contribution in [2.24, 2.45) is 0 Å². The second-order valence-corrected chi connectivity index (χ2v) is 5.68. The van der Waals surface area contributed by atoms with Gasteiger partial charge < -0.3 is 18.9 Å². The SMILES string of the molecule is CO[C@@]1(C)OC(=O)[C@](C)(Cc2ccccc2)O[C@]1(C)OC. The molecule has 0 unspecified atom stereocenters. The van der Waals surface area contributed by atoms with Gasteiger partial charge in [0.15, 0.2) is 5.60 Å². The first-order valence-electron chi connectivity index (χ1n) is 6.86. The molecule has 0 bridgehead atoms. The second-order valence-electron chi connectivity index (χ2n) is 5.68. The summed E-state index contributed by atoms with van der Waals surface area (Å²) in [5.41, 5.74) is -0.152. The third-order valence-electron chi connectivity index (χ3n) is 4.13. The van der Waals surface area contributed by atoms with E-state index in [1.165, 1.54) is 14.2 Å². The summed E-state index contributed by atoms with van der Waals surface area (Å²) < 4.78 is 22.3. The topological polar surface area (TPSA) is 54.0 Å². The van der Waals surface area contributed by atoms with Crippen molar-refractivity contribution in [1.29, 1.82) is 0 Å². The minimum Gasteiger partial charge on any atom is -0.425 e. The van der Waals surface area contributed by atoms with Gasteiger partial charge in [0.25, 0.3) is 5.79 Å². The highest BCUT2D eigenvalue weighted by molar-refractivity contribution is 5.80. The van der Waals surface area contributed by atoms with Crippen molar-refractivity contribution in [2.75, 3.05) is 14.2 Å². The molecule has 21 heavy (non-hydrogen) atoms. The van der Waals surface area contributed by atoms with E-state index in [9.17, 15) is 4.79 Å². The van der Waals surface area contributed by atoms with Crippen LogP contribution in [0.3, 0.4) is 0 Å². The fraction of sp³-hybridized carbons (Fsp3) is 0.562. The van der Waals surface area contributed by atoms with Gasteiger partial charge in [0, 0.05) is 27.6 Å². The van der Waals surface area contributed by atoms with Crippen molar-refractivity contribution >= 4 is 5.97 Å². The Balaban J connectivity index is 2.31. The highest BCUT2D eigenvalue weighted by Gasteiger charge is 2.61. The Morgan fingerprint density at radius 2 is 1.57 bits per heavy atom. The molecule has 5 heteroatoms. The first kappa shape index (κ1) is 15.9. The predicted molar refractivity (Wildman–Crippen MR) is 76.6 cm³/mol. The van der Waals surface area contributed by atoms with E-state index in [1.54, 1.807) is 20.8 Å². The molecule has 0 saturated carbocycles. The average Bonchev–Trinajstić information content (AvgIpc) is 2.46. The maximum Gasteiger partial charge on any atom is 0.341 e. The lowest BCUT2D eigenvalue weighted by atomic mass is 9.93. The number of cyclic esters (lactones) is 1. The molecule has 116 valence electrons. The van der Waals surface area contributed by atoms with Crippen LogP contribution in [-0.2, 0) is 30.2 Å². The van der Waals surface area contributed by atoms with E-state index in [4.69, 9.17) is 18.9 Å². The molecule has 1 aromatic rings. The quantitative estimate of drug-likeness (QED) is 0.797. The standard InChI is InChI=1S/C16H22O5/c1-14(11-12-9-7-6-8-10-12)13(17)20-15(2,18-4)16(3,19-5)21-14/h6-10H,11H2,1-5H3/t14-,15-,16-/m0/s1. The minimum atomic E-state index is -1.30. The average molecular weight is 294 g/mol. The molecule has 0 aliphatic carbocycles. The number of carbonyl (C=O) groups is 1. The Hall–Kier alpha value is -1.43. The van der Waals surface area contributed by atoms with E-state index in [1.807, 2.05) is 30.3 Å². The van der Waals surface area contributed by atoms with E-state index in [2.05, 4.69) is 0 Å². The van der Waals surface area contributed by atoms with Gasteiger partial charge in [-0.1, -0.05) is 30.3 Å². The summed E-state index contributed by atoms with van der Waals surface area (Å²) in [6, 6.07) is 9.64. The molecule has 1 fully saturated rings. The van der Waals surface area contributed by atoms with Gasteiger partial charge in [0.1, 0.15) is 0 Å². The molecule has 1 aliphatic rings. The summed E-state index contributed by atoms with van der Waals surface area (Å²) in [5, 5.41) is 0. The first-order valence-corrected chi connectivity index (χ1v) is 6.86. The van der Waals surface area contributed by atoms with E-state index in [0.717, 1.165) is 5.56 Å². The maximum atomic E-state index is 12.4. The number of esters is 1. The Bertz CT molecular complexity index is 517. The van der Waals surface area contributed by atoms with Crippen LogP contribution in [0.15, 0.2) is 30.3 Å². The molecule has 5 nitrogen and oxygen atoms in total. The zero-order valence-electron chi connectivity index (χ0n) is 13.1. The summed E-state index contributed by atoms with van der Waals surface area (Å²) >= 11 is 0. The molecule has 1 aliphatic heterocycles. The second kappa shape index (κ2) is 5.40. The van der Waals surface area contributed by atoms with Gasteiger partial charge in [-0.05, 0) is 19.4 Å². The number of hydrogen-bond acceptors (Lipinski definition) is 5. The van der Waals surface area contributed by atoms with Crippen molar-refractivity contribution < 1.29 is 23.7 Å². The van der Waals surface area contributed by atoms with E-state index in [-0.39, 0.29) is 0 Å². The van der Waals surface area contributed by atoms with Gasteiger partial charge in [-0.15, -0.1) is 0 Å². The van der Waals surface area contributed by atoms with Crippen molar-refractivity contribution in [2.45, 2.75) is 44.4 Å². The molecule has 0 amide bonds. The summed E-state index contributed by atoms with van der Waals surface area (Å²) in [6.07, 6.45) is 0.394. The number of hydrogen-bond donors (Lipinski definition) is 0. The summed E-state index contributed by atoms with van der Waals surface area (Å²) in [7, 11) is 2.95. The smallest absolute Gasteiger partial charge is 0.341 e. The van der Waals surface area contributed by atoms with Gasteiger partial charge >= 0.3 is 5.97 Å².